The molecule has 0 saturated heterocycles. The summed E-state index contributed by atoms with van der Waals surface area (Å²) in [4.78, 5) is 4.54. The predicted octanol–water partition coefficient (Wildman–Crippen LogP) is 4.23. The maximum absolute atomic E-state index is 13.0. The normalized spacial score (nSPS) is 20.2. The molecular weight excluding hydrogens is 398 g/mol. The molecule has 1 aromatic carbocycles. The average Bonchev–Trinajstić information content (AvgIpc) is 3.17. The molecule has 2 N–H and O–H groups in total. The molecule has 0 spiro atoms. The van der Waals surface area contributed by atoms with Crippen molar-refractivity contribution in [3.63, 3.8) is 0 Å². The monoisotopic (exact) mass is 425 g/mol. The Kier molecular flexibility index (Phi) is 7.33. The van der Waals surface area contributed by atoms with Crippen LogP contribution in [-0.2, 0) is 6.42 Å². The summed E-state index contributed by atoms with van der Waals surface area (Å²) in [6.45, 7) is 3.11. The number of aromatic nitrogens is 2. The molecule has 0 amide bonds. The van der Waals surface area contributed by atoms with Gasteiger partial charge in [-0.05, 0) is 62.9 Å². The molecule has 0 bridgehead atoms. The molecule has 2 aromatic rings. The smallest absolute Gasteiger partial charge is 0.357 e. The molecule has 1 fully saturated rings. The lowest BCUT2D eigenvalue weighted by Gasteiger charge is -2.31. The van der Waals surface area contributed by atoms with Gasteiger partial charge in [0, 0.05) is 31.7 Å². The van der Waals surface area contributed by atoms with Crippen molar-refractivity contribution in [1.82, 2.24) is 20.4 Å². The van der Waals surface area contributed by atoms with Gasteiger partial charge < -0.3 is 10.6 Å². The zero-order valence-corrected chi connectivity index (χ0v) is 16.9. The van der Waals surface area contributed by atoms with Crippen LogP contribution in [0.1, 0.15) is 38.3 Å². The molecular formula is C21H27F4N5. The topological polar surface area (TPSA) is 54.2 Å². The second kappa shape index (κ2) is 9.95. The number of rotatable bonds is 6. The van der Waals surface area contributed by atoms with Crippen molar-refractivity contribution in [1.29, 1.82) is 0 Å². The summed E-state index contributed by atoms with van der Waals surface area (Å²) in [6.07, 6.45) is -0.391. The molecule has 1 aliphatic rings. The van der Waals surface area contributed by atoms with E-state index in [0.717, 1.165) is 11.4 Å². The van der Waals surface area contributed by atoms with E-state index in [2.05, 4.69) is 20.7 Å². The Labute approximate surface area is 173 Å². The highest BCUT2D eigenvalue weighted by Crippen LogP contribution is 2.37. The van der Waals surface area contributed by atoms with Crippen molar-refractivity contribution >= 4 is 5.96 Å². The van der Waals surface area contributed by atoms with Crippen LogP contribution in [-0.4, -0.2) is 41.0 Å². The van der Waals surface area contributed by atoms with Crippen LogP contribution in [0.25, 0.3) is 5.69 Å². The third-order valence-electron chi connectivity index (χ3n) is 5.25. The molecule has 0 atom stereocenters. The first-order chi connectivity index (χ1) is 14.3. The summed E-state index contributed by atoms with van der Waals surface area (Å²) in [5, 5.41) is 10.9. The first kappa shape index (κ1) is 22.1. The number of aliphatic imine (C=N–C) groups is 1. The van der Waals surface area contributed by atoms with E-state index in [9.17, 15) is 17.6 Å². The highest BCUT2D eigenvalue weighted by molar-refractivity contribution is 5.80. The molecule has 3 rings (SSSR count). The minimum absolute atomic E-state index is 0.000848. The van der Waals surface area contributed by atoms with Gasteiger partial charge in [0.2, 0.25) is 0 Å². The lowest BCUT2D eigenvalue weighted by molar-refractivity contribution is -0.182. The maximum Gasteiger partial charge on any atom is 0.391 e. The molecule has 0 radical (unpaired) electrons. The summed E-state index contributed by atoms with van der Waals surface area (Å²) in [6, 6.07) is 7.97. The van der Waals surface area contributed by atoms with E-state index >= 15 is 0 Å². The number of benzene rings is 1. The van der Waals surface area contributed by atoms with Crippen molar-refractivity contribution in [2.75, 3.05) is 13.1 Å². The van der Waals surface area contributed by atoms with Crippen LogP contribution in [0.5, 0.6) is 0 Å². The highest BCUT2D eigenvalue weighted by Gasteiger charge is 2.41. The van der Waals surface area contributed by atoms with Gasteiger partial charge in [0.05, 0.1) is 17.3 Å². The fourth-order valence-corrected chi connectivity index (χ4v) is 3.59. The van der Waals surface area contributed by atoms with E-state index in [-0.39, 0.29) is 24.7 Å². The quantitative estimate of drug-likeness (QED) is 0.414. The molecule has 1 aliphatic carbocycles. The van der Waals surface area contributed by atoms with E-state index in [4.69, 9.17) is 0 Å². The second-order valence-corrected chi connectivity index (χ2v) is 7.47. The minimum atomic E-state index is -4.10. The summed E-state index contributed by atoms with van der Waals surface area (Å²) in [7, 11) is 0. The standard InChI is InChI=1S/C21H27F4N5/c1-2-26-20(28-17-7-3-15(4-8-17)21(23,24)25)27-13-11-18-12-14-30(29-18)19-9-5-16(22)6-10-19/h5-6,9-10,12,14-15,17H,2-4,7-8,11,13H2,1H3,(H2,26,27,28). The van der Waals surface area contributed by atoms with Gasteiger partial charge in [0.1, 0.15) is 5.82 Å². The van der Waals surface area contributed by atoms with E-state index in [1.807, 2.05) is 19.2 Å². The molecule has 1 aromatic heterocycles. The first-order valence-corrected chi connectivity index (χ1v) is 10.3. The Morgan fingerprint density at radius 3 is 2.47 bits per heavy atom. The lowest BCUT2D eigenvalue weighted by atomic mass is 9.85. The summed E-state index contributed by atoms with van der Waals surface area (Å²) in [5.74, 6) is -0.868. The second-order valence-electron chi connectivity index (χ2n) is 7.47. The molecule has 0 aliphatic heterocycles. The molecule has 9 heteroatoms. The summed E-state index contributed by atoms with van der Waals surface area (Å²) in [5.41, 5.74) is 1.63. The Morgan fingerprint density at radius 1 is 1.13 bits per heavy atom. The molecule has 1 saturated carbocycles. The molecule has 1 heterocycles. The number of nitrogens with zero attached hydrogens (tertiary/aromatic N) is 3. The molecule has 164 valence electrons. The summed E-state index contributed by atoms with van der Waals surface area (Å²) < 4.78 is 53.2. The van der Waals surface area contributed by atoms with Gasteiger partial charge in [-0.25, -0.2) is 9.07 Å². The average molecular weight is 425 g/mol. The zero-order valence-electron chi connectivity index (χ0n) is 16.9. The van der Waals surface area contributed by atoms with Crippen LogP contribution in [0.2, 0.25) is 0 Å². The van der Waals surface area contributed by atoms with Gasteiger partial charge >= 0.3 is 6.18 Å². The lowest BCUT2D eigenvalue weighted by Crippen LogP contribution is -2.46. The van der Waals surface area contributed by atoms with Gasteiger partial charge in [-0.1, -0.05) is 0 Å². The van der Waals surface area contributed by atoms with Crippen molar-refractivity contribution < 1.29 is 17.6 Å². The van der Waals surface area contributed by atoms with Crippen LogP contribution in [0.15, 0.2) is 41.5 Å². The third kappa shape index (κ3) is 6.21. The number of alkyl halides is 3. The van der Waals surface area contributed by atoms with E-state index in [1.54, 1.807) is 16.8 Å². The fourth-order valence-electron chi connectivity index (χ4n) is 3.59. The Bertz CT molecular complexity index is 821. The SMILES string of the molecule is CCNC(=NCCc1ccn(-c2ccc(F)cc2)n1)NC1CCC(C(F)(F)F)CC1. The van der Waals surface area contributed by atoms with Crippen LogP contribution >= 0.6 is 0 Å². The van der Waals surface area contributed by atoms with Crippen LogP contribution < -0.4 is 10.6 Å². The van der Waals surface area contributed by atoms with Gasteiger partial charge in [-0.15, -0.1) is 0 Å². The van der Waals surface area contributed by atoms with Gasteiger partial charge in [-0.2, -0.15) is 18.3 Å². The van der Waals surface area contributed by atoms with Gasteiger partial charge in [0.15, 0.2) is 5.96 Å². The van der Waals surface area contributed by atoms with E-state index in [0.29, 0.717) is 38.3 Å². The zero-order chi connectivity index (χ0) is 21.6. The number of hydrogen-bond donors (Lipinski definition) is 2. The highest BCUT2D eigenvalue weighted by atomic mass is 19.4. The first-order valence-electron chi connectivity index (χ1n) is 10.3. The number of halogens is 4. The third-order valence-corrected chi connectivity index (χ3v) is 5.25. The van der Waals surface area contributed by atoms with Crippen molar-refractivity contribution in [3.8, 4) is 5.69 Å². The molecule has 5 nitrogen and oxygen atoms in total. The molecule has 0 unspecified atom stereocenters. The maximum atomic E-state index is 13.0. The van der Waals surface area contributed by atoms with Crippen LogP contribution in [0, 0.1) is 11.7 Å². The largest absolute Gasteiger partial charge is 0.391 e. The number of hydrogen-bond acceptors (Lipinski definition) is 2. The molecule has 30 heavy (non-hydrogen) atoms. The summed E-state index contributed by atoms with van der Waals surface area (Å²) >= 11 is 0. The Balaban J connectivity index is 1.51. The van der Waals surface area contributed by atoms with Crippen LogP contribution in [0.3, 0.4) is 0 Å². The predicted molar refractivity (Wildman–Crippen MR) is 108 cm³/mol. The van der Waals surface area contributed by atoms with E-state index in [1.165, 1.54) is 12.1 Å². The van der Waals surface area contributed by atoms with Crippen molar-refractivity contribution in [2.45, 2.75) is 51.2 Å². The number of guanidine groups is 1. The van der Waals surface area contributed by atoms with Gasteiger partial charge in [-0.3, -0.25) is 4.99 Å². The van der Waals surface area contributed by atoms with E-state index < -0.39 is 12.1 Å². The van der Waals surface area contributed by atoms with Crippen molar-refractivity contribution in [2.24, 2.45) is 10.9 Å². The Hall–Kier alpha value is -2.58. The van der Waals surface area contributed by atoms with Crippen LogP contribution in [0.4, 0.5) is 17.6 Å². The fraction of sp³-hybridized carbons (Fsp3) is 0.524. The van der Waals surface area contributed by atoms with Gasteiger partial charge in [0.25, 0.3) is 0 Å². The Morgan fingerprint density at radius 2 is 1.83 bits per heavy atom. The minimum Gasteiger partial charge on any atom is -0.357 e. The number of nitrogens with one attached hydrogen (secondary N) is 2. The van der Waals surface area contributed by atoms with Crippen molar-refractivity contribution in [3.05, 3.63) is 48.0 Å².